The van der Waals surface area contributed by atoms with E-state index in [1.54, 1.807) is 0 Å². The van der Waals surface area contributed by atoms with Crippen molar-refractivity contribution >= 4 is 59.4 Å². The molecule has 0 atom stereocenters. The summed E-state index contributed by atoms with van der Waals surface area (Å²) in [5.41, 5.74) is 8.45. The summed E-state index contributed by atoms with van der Waals surface area (Å²) in [4.78, 5) is 16.3. The van der Waals surface area contributed by atoms with Crippen LogP contribution in [0.2, 0.25) is 0 Å². The van der Waals surface area contributed by atoms with E-state index in [-0.39, 0.29) is 27.1 Å². The van der Waals surface area contributed by atoms with Gasteiger partial charge < -0.3 is 40.0 Å². The van der Waals surface area contributed by atoms with Crippen LogP contribution in [0.4, 0.5) is 22.7 Å². The Morgan fingerprint density at radius 3 is 1.54 bits per heavy atom. The number of nitrogens with zero attached hydrogens (tertiary/aromatic N) is 5. The first kappa shape index (κ1) is 29.6. The van der Waals surface area contributed by atoms with Crippen molar-refractivity contribution in [2.45, 2.75) is 18.6 Å². The van der Waals surface area contributed by atoms with E-state index in [2.05, 4.69) is 70.2 Å². The molecule has 0 unspecified atom stereocenters. The predicted molar refractivity (Wildman–Crippen MR) is 160 cm³/mol. The van der Waals surface area contributed by atoms with Gasteiger partial charge in [0.25, 0.3) is 0 Å². The molecular formula is C29H33AuN5S2-2. The van der Waals surface area contributed by atoms with Crippen LogP contribution in [-0.4, -0.2) is 61.3 Å². The van der Waals surface area contributed by atoms with Crippen molar-refractivity contribution in [2.24, 2.45) is 9.98 Å². The Morgan fingerprint density at radius 2 is 1.14 bits per heavy atom. The number of aliphatic imine (C=N–C) groups is 2. The third-order valence-corrected chi connectivity index (χ3v) is 7.10. The molecule has 3 aromatic rings. The number of rotatable bonds is 7. The number of hydrogen-bond acceptors (Lipinski definition) is 7. The van der Waals surface area contributed by atoms with Crippen LogP contribution in [0, 0.1) is 0 Å². The smallest absolute Gasteiger partial charge is 0.0634 e. The van der Waals surface area contributed by atoms with Crippen molar-refractivity contribution in [1.82, 2.24) is 4.90 Å². The van der Waals surface area contributed by atoms with Gasteiger partial charge >= 0.3 is 0 Å². The number of piperazine rings is 1. The molecule has 8 heteroatoms. The number of anilines is 2. The van der Waals surface area contributed by atoms with Crippen LogP contribution >= 0.6 is 0 Å². The summed E-state index contributed by atoms with van der Waals surface area (Å²) >= 11 is 10.4. The van der Waals surface area contributed by atoms with Gasteiger partial charge in [0.05, 0.1) is 11.4 Å². The van der Waals surface area contributed by atoms with E-state index >= 15 is 0 Å². The van der Waals surface area contributed by atoms with Crippen molar-refractivity contribution in [2.75, 3.05) is 50.1 Å². The second kappa shape index (κ2) is 13.7. The minimum absolute atomic E-state index is 0. The Bertz CT molecular complexity index is 1200. The first-order valence-corrected chi connectivity index (χ1v) is 13.1. The average Bonchev–Trinajstić information content (AvgIpc) is 2.90. The average molecular weight is 713 g/mol. The summed E-state index contributed by atoms with van der Waals surface area (Å²) in [7, 11) is 4.08. The Balaban J connectivity index is 0.00000380. The Morgan fingerprint density at radius 1 is 0.703 bits per heavy atom. The Hall–Kier alpha value is -2.00. The molecule has 0 amide bonds. The molecule has 0 aromatic heterocycles. The summed E-state index contributed by atoms with van der Waals surface area (Å²) in [6.07, 6.45) is 0. The molecule has 1 radical (unpaired) electrons. The molecule has 1 aliphatic heterocycles. The van der Waals surface area contributed by atoms with Gasteiger partial charge in [-0.05, 0) is 73.5 Å². The van der Waals surface area contributed by atoms with Crippen molar-refractivity contribution in [3.05, 3.63) is 83.9 Å². The third-order valence-electron chi connectivity index (χ3n) is 6.51. The molecule has 1 heterocycles. The quantitative estimate of drug-likeness (QED) is 0.183. The zero-order valence-electron chi connectivity index (χ0n) is 21.7. The first-order valence-electron chi connectivity index (χ1n) is 12.2. The SMILES string of the molecule is CC(=Nc1ccc(N=C(C)c2ccc(N3CCN(C([S-])[S-])CC3)cc2)cc1)c1ccc(N(C)C)cc1.[Au]. The fourth-order valence-electron chi connectivity index (χ4n) is 4.22. The van der Waals surface area contributed by atoms with Gasteiger partial charge in [-0.3, -0.25) is 9.98 Å². The van der Waals surface area contributed by atoms with Crippen LogP contribution < -0.4 is 9.80 Å². The van der Waals surface area contributed by atoms with Crippen molar-refractivity contribution in [3.8, 4) is 0 Å². The van der Waals surface area contributed by atoms with Gasteiger partial charge in [0.1, 0.15) is 0 Å². The predicted octanol–water partition coefficient (Wildman–Crippen LogP) is 5.53. The van der Waals surface area contributed by atoms with E-state index in [1.807, 2.05) is 45.3 Å². The fraction of sp³-hybridized carbons (Fsp3) is 0.310. The van der Waals surface area contributed by atoms with Gasteiger partial charge in [-0.1, -0.05) is 24.3 Å². The molecule has 0 spiro atoms. The van der Waals surface area contributed by atoms with Crippen LogP contribution in [-0.2, 0) is 47.6 Å². The fourth-order valence-corrected chi connectivity index (χ4v) is 4.64. The largest absolute Gasteiger partial charge is 0.800 e. The molecule has 199 valence electrons. The van der Waals surface area contributed by atoms with E-state index in [0.717, 1.165) is 60.1 Å². The molecular weight excluding hydrogens is 679 g/mol. The zero-order valence-corrected chi connectivity index (χ0v) is 25.5. The van der Waals surface area contributed by atoms with E-state index < -0.39 is 0 Å². The van der Waals surface area contributed by atoms with E-state index in [4.69, 9.17) is 35.2 Å². The zero-order chi connectivity index (χ0) is 25.7. The molecule has 0 bridgehead atoms. The van der Waals surface area contributed by atoms with Gasteiger partial charge in [-0.15, -0.1) is 0 Å². The van der Waals surface area contributed by atoms with Crippen molar-refractivity contribution in [3.63, 3.8) is 0 Å². The molecule has 37 heavy (non-hydrogen) atoms. The van der Waals surface area contributed by atoms with E-state index in [1.165, 1.54) is 11.4 Å². The summed E-state index contributed by atoms with van der Waals surface area (Å²) in [5, 5.41) is 0. The van der Waals surface area contributed by atoms with Gasteiger partial charge in [0, 0.05) is 85.5 Å². The van der Waals surface area contributed by atoms with Gasteiger partial charge in [0.15, 0.2) is 0 Å². The molecule has 0 aliphatic carbocycles. The Labute approximate surface area is 248 Å². The summed E-state index contributed by atoms with van der Waals surface area (Å²) in [6.45, 7) is 7.83. The summed E-state index contributed by atoms with van der Waals surface area (Å²) in [6, 6.07) is 25.2. The maximum atomic E-state index is 5.21. The molecule has 1 saturated heterocycles. The van der Waals surface area contributed by atoms with Crippen LogP contribution in [0.15, 0.2) is 82.8 Å². The Kier molecular flexibility index (Phi) is 10.9. The number of benzene rings is 3. The maximum Gasteiger partial charge on any atom is 0.0634 e. The minimum Gasteiger partial charge on any atom is -0.800 e. The maximum absolute atomic E-state index is 5.21. The molecule has 0 N–H and O–H groups in total. The molecule has 4 rings (SSSR count). The molecule has 3 aromatic carbocycles. The summed E-state index contributed by atoms with van der Waals surface area (Å²) in [5.74, 6) is 0. The monoisotopic (exact) mass is 712 g/mol. The molecule has 1 fully saturated rings. The molecule has 5 nitrogen and oxygen atoms in total. The first-order chi connectivity index (χ1) is 17.3. The van der Waals surface area contributed by atoms with Crippen molar-refractivity contribution in [1.29, 1.82) is 0 Å². The summed E-state index contributed by atoms with van der Waals surface area (Å²) < 4.78 is -0.209. The molecule has 1 aliphatic rings. The van der Waals surface area contributed by atoms with E-state index in [0.29, 0.717) is 0 Å². The van der Waals surface area contributed by atoms with Crippen LogP contribution in [0.5, 0.6) is 0 Å². The topological polar surface area (TPSA) is 34.4 Å². The van der Waals surface area contributed by atoms with Gasteiger partial charge in [0.2, 0.25) is 0 Å². The van der Waals surface area contributed by atoms with Crippen LogP contribution in [0.1, 0.15) is 25.0 Å². The second-order valence-corrected chi connectivity index (χ2v) is 10.4. The normalized spacial score (nSPS) is 15.1. The minimum atomic E-state index is -0.209. The van der Waals surface area contributed by atoms with Crippen LogP contribution in [0.3, 0.4) is 0 Å². The third kappa shape index (κ3) is 7.99. The second-order valence-electron chi connectivity index (χ2n) is 9.23. The number of hydrogen-bond donors (Lipinski definition) is 0. The van der Waals surface area contributed by atoms with Gasteiger partial charge in [-0.2, -0.15) is 0 Å². The standard InChI is InChI=1S/C29H35N5S2.Au/c1-21(23-5-13-27(14-6-23)32(3)4)30-25-9-11-26(12-10-25)31-22(2)24-7-15-28(16-8-24)33-17-19-34(20-18-33)29(35)36;/h5-16,29,35-36H,17-20H2,1-4H3;/p-2. The molecule has 0 saturated carbocycles. The van der Waals surface area contributed by atoms with Gasteiger partial charge in [-0.25, -0.2) is 4.71 Å². The van der Waals surface area contributed by atoms with E-state index in [9.17, 15) is 0 Å². The van der Waals surface area contributed by atoms with Crippen molar-refractivity contribution < 1.29 is 22.4 Å². The van der Waals surface area contributed by atoms with Crippen LogP contribution in [0.25, 0.3) is 0 Å².